The summed E-state index contributed by atoms with van der Waals surface area (Å²) in [6.45, 7) is 1.01. The monoisotopic (exact) mass is 404 g/mol. The number of nitrogens with one attached hydrogen (secondary N) is 1. The molecule has 4 aromatic rings. The fourth-order valence-electron chi connectivity index (χ4n) is 4.06. The molecule has 0 fully saturated rings. The summed E-state index contributed by atoms with van der Waals surface area (Å²) >= 11 is 0. The Labute approximate surface area is 171 Å². The van der Waals surface area contributed by atoms with Crippen molar-refractivity contribution in [3.63, 3.8) is 0 Å². The number of carbonyl (C=O) groups excluding carboxylic acids is 1. The first-order chi connectivity index (χ1) is 14.6. The minimum absolute atomic E-state index is 0.170. The zero-order chi connectivity index (χ0) is 20.8. The van der Waals surface area contributed by atoms with Crippen molar-refractivity contribution >= 4 is 22.5 Å². The van der Waals surface area contributed by atoms with E-state index in [0.717, 1.165) is 11.1 Å². The molecule has 2 aromatic heterocycles. The molecule has 1 aliphatic rings. The van der Waals surface area contributed by atoms with Gasteiger partial charge in [0.15, 0.2) is 11.5 Å². The van der Waals surface area contributed by atoms with Crippen LogP contribution in [0.3, 0.4) is 0 Å². The van der Waals surface area contributed by atoms with Crippen LogP contribution in [0.15, 0.2) is 47.4 Å². The predicted octanol–water partition coefficient (Wildman–Crippen LogP) is 2.39. The maximum Gasteiger partial charge on any atom is 0.259 e. The van der Waals surface area contributed by atoms with Gasteiger partial charge in [0, 0.05) is 13.1 Å². The third-order valence-corrected chi connectivity index (χ3v) is 5.61. The van der Waals surface area contributed by atoms with Crippen molar-refractivity contribution in [2.45, 2.75) is 13.0 Å². The van der Waals surface area contributed by atoms with Crippen LogP contribution in [0.1, 0.15) is 21.5 Å². The second kappa shape index (κ2) is 6.91. The molecule has 30 heavy (non-hydrogen) atoms. The number of para-hydroxylation sites is 1. The highest BCUT2D eigenvalue weighted by atomic mass is 16.5. The second-order valence-electron chi connectivity index (χ2n) is 7.24. The highest BCUT2D eigenvalue weighted by Gasteiger charge is 2.26. The zero-order valence-electron chi connectivity index (χ0n) is 16.6. The van der Waals surface area contributed by atoms with E-state index in [1.165, 1.54) is 6.20 Å². The van der Waals surface area contributed by atoms with Gasteiger partial charge in [-0.3, -0.25) is 9.59 Å². The summed E-state index contributed by atoms with van der Waals surface area (Å²) in [5, 5.41) is 4.89. The molecule has 152 valence electrons. The van der Waals surface area contributed by atoms with Crippen LogP contribution in [-0.4, -0.2) is 46.2 Å². The molecule has 0 aliphatic carbocycles. The first kappa shape index (κ1) is 18.2. The van der Waals surface area contributed by atoms with E-state index < -0.39 is 0 Å². The average Bonchev–Trinajstić information content (AvgIpc) is 3.21. The number of benzene rings is 2. The quantitative estimate of drug-likeness (QED) is 0.566. The van der Waals surface area contributed by atoms with Crippen LogP contribution in [0.2, 0.25) is 0 Å². The van der Waals surface area contributed by atoms with Crippen molar-refractivity contribution in [2.24, 2.45) is 0 Å². The van der Waals surface area contributed by atoms with E-state index in [4.69, 9.17) is 9.47 Å². The lowest BCUT2D eigenvalue weighted by atomic mass is 9.98. The number of amides is 1. The number of hydrogen-bond donors (Lipinski definition) is 1. The SMILES string of the molecule is COc1cc2c(cc1OC)CN(C(=O)c1cnn3c1[nH]c(=O)c1ccccc13)CC2. The lowest BCUT2D eigenvalue weighted by Crippen LogP contribution is -2.36. The van der Waals surface area contributed by atoms with E-state index in [1.807, 2.05) is 24.3 Å². The molecular weight excluding hydrogens is 384 g/mol. The van der Waals surface area contributed by atoms with Gasteiger partial charge >= 0.3 is 0 Å². The van der Waals surface area contributed by atoms with Crippen molar-refractivity contribution in [3.8, 4) is 11.5 Å². The number of carbonyl (C=O) groups is 1. The third-order valence-electron chi connectivity index (χ3n) is 5.61. The van der Waals surface area contributed by atoms with Crippen molar-refractivity contribution in [1.82, 2.24) is 19.5 Å². The lowest BCUT2D eigenvalue weighted by molar-refractivity contribution is 0.0736. The summed E-state index contributed by atoms with van der Waals surface area (Å²) in [6, 6.07) is 11.1. The van der Waals surface area contributed by atoms with Gasteiger partial charge in [0.25, 0.3) is 11.5 Å². The van der Waals surface area contributed by atoms with Crippen LogP contribution in [-0.2, 0) is 13.0 Å². The number of fused-ring (bicyclic) bond motifs is 4. The van der Waals surface area contributed by atoms with Crippen LogP contribution in [0.4, 0.5) is 0 Å². The molecule has 8 heteroatoms. The lowest BCUT2D eigenvalue weighted by Gasteiger charge is -2.29. The van der Waals surface area contributed by atoms with Crippen molar-refractivity contribution in [2.75, 3.05) is 20.8 Å². The van der Waals surface area contributed by atoms with Crippen LogP contribution >= 0.6 is 0 Å². The molecule has 1 N–H and O–H groups in total. The van der Waals surface area contributed by atoms with Gasteiger partial charge in [-0.25, -0.2) is 4.52 Å². The maximum atomic E-state index is 13.3. The summed E-state index contributed by atoms with van der Waals surface area (Å²) in [6.07, 6.45) is 2.23. The molecular formula is C22H20N4O4. The first-order valence-electron chi connectivity index (χ1n) is 9.62. The Morgan fingerprint density at radius 2 is 1.83 bits per heavy atom. The minimum Gasteiger partial charge on any atom is -0.493 e. The Kier molecular flexibility index (Phi) is 4.20. The molecule has 0 unspecified atom stereocenters. The Morgan fingerprint density at radius 1 is 1.10 bits per heavy atom. The number of aromatic amines is 1. The van der Waals surface area contributed by atoms with Crippen LogP contribution < -0.4 is 15.0 Å². The molecule has 0 saturated heterocycles. The van der Waals surface area contributed by atoms with Gasteiger partial charge in [-0.15, -0.1) is 0 Å². The molecule has 1 aliphatic heterocycles. The number of nitrogens with zero attached hydrogens (tertiary/aromatic N) is 3. The normalized spacial score (nSPS) is 13.5. The van der Waals surface area contributed by atoms with E-state index >= 15 is 0 Å². The molecule has 0 spiro atoms. The summed E-state index contributed by atoms with van der Waals surface area (Å²) in [5.74, 6) is 1.15. The van der Waals surface area contributed by atoms with Crippen molar-refractivity contribution < 1.29 is 14.3 Å². The molecule has 5 rings (SSSR count). The third kappa shape index (κ3) is 2.72. The molecule has 1 amide bonds. The largest absolute Gasteiger partial charge is 0.493 e. The number of H-pyrrole nitrogens is 1. The topological polar surface area (TPSA) is 88.9 Å². The standard InChI is InChI=1S/C22H20N4O4/c1-29-18-9-13-7-8-25(12-14(13)10-19(18)30-2)22(28)16-11-23-26-17-6-4-3-5-15(17)21(27)24-20(16)26/h3-6,9-11H,7-8,12H2,1-2H3,(H,24,27). The zero-order valence-corrected chi connectivity index (χ0v) is 16.6. The van der Waals surface area contributed by atoms with Crippen molar-refractivity contribution in [1.29, 1.82) is 0 Å². The summed E-state index contributed by atoms with van der Waals surface area (Å²) in [4.78, 5) is 30.4. The molecule has 2 aromatic carbocycles. The van der Waals surface area contributed by atoms with E-state index in [9.17, 15) is 9.59 Å². The Hall–Kier alpha value is -3.81. The van der Waals surface area contributed by atoms with Crippen LogP contribution in [0.25, 0.3) is 16.6 Å². The minimum atomic E-state index is -0.242. The molecule has 0 saturated carbocycles. The van der Waals surface area contributed by atoms with E-state index in [0.29, 0.717) is 53.1 Å². The number of aromatic nitrogens is 3. The Bertz CT molecular complexity index is 1350. The molecule has 8 nitrogen and oxygen atoms in total. The summed E-state index contributed by atoms with van der Waals surface area (Å²) in [7, 11) is 3.20. The Morgan fingerprint density at radius 3 is 2.60 bits per heavy atom. The van der Waals surface area contributed by atoms with Gasteiger partial charge in [0.05, 0.1) is 31.3 Å². The summed E-state index contributed by atoms with van der Waals surface area (Å²) < 4.78 is 12.4. The summed E-state index contributed by atoms with van der Waals surface area (Å²) in [5.41, 5.74) is 3.35. The maximum absolute atomic E-state index is 13.3. The highest BCUT2D eigenvalue weighted by molar-refractivity contribution is 6.00. The first-order valence-corrected chi connectivity index (χ1v) is 9.62. The fourth-order valence-corrected chi connectivity index (χ4v) is 4.06. The van der Waals surface area contributed by atoms with Crippen molar-refractivity contribution in [3.05, 3.63) is 69.6 Å². The predicted molar refractivity (Wildman–Crippen MR) is 111 cm³/mol. The second-order valence-corrected chi connectivity index (χ2v) is 7.24. The Balaban J connectivity index is 1.53. The van der Waals surface area contributed by atoms with E-state index in [1.54, 1.807) is 35.8 Å². The van der Waals surface area contributed by atoms with Gasteiger partial charge < -0.3 is 19.4 Å². The number of hydrogen-bond acceptors (Lipinski definition) is 5. The van der Waals surface area contributed by atoms with Gasteiger partial charge in [-0.05, 0) is 41.8 Å². The van der Waals surface area contributed by atoms with Gasteiger partial charge in [-0.2, -0.15) is 5.10 Å². The molecule has 0 atom stereocenters. The van der Waals surface area contributed by atoms with E-state index in [-0.39, 0.29) is 11.5 Å². The van der Waals surface area contributed by atoms with E-state index in [2.05, 4.69) is 10.1 Å². The van der Waals surface area contributed by atoms with Crippen LogP contribution in [0.5, 0.6) is 11.5 Å². The number of rotatable bonds is 3. The number of ether oxygens (including phenoxy) is 2. The van der Waals surface area contributed by atoms with Gasteiger partial charge in [0.2, 0.25) is 0 Å². The molecule has 0 radical (unpaired) electrons. The van der Waals surface area contributed by atoms with Crippen LogP contribution in [0, 0.1) is 0 Å². The molecule has 0 bridgehead atoms. The fraction of sp³-hybridized carbons (Fsp3) is 0.227. The van der Waals surface area contributed by atoms with Gasteiger partial charge in [-0.1, -0.05) is 12.1 Å². The smallest absolute Gasteiger partial charge is 0.259 e. The van der Waals surface area contributed by atoms with Gasteiger partial charge in [0.1, 0.15) is 11.2 Å². The highest BCUT2D eigenvalue weighted by Crippen LogP contribution is 2.33. The number of methoxy groups -OCH3 is 2. The molecule has 3 heterocycles. The average molecular weight is 404 g/mol.